The maximum Gasteiger partial charge on any atom is 0.146 e. The van der Waals surface area contributed by atoms with Crippen LogP contribution in [0.2, 0.25) is 0 Å². The van der Waals surface area contributed by atoms with Gasteiger partial charge in [-0.3, -0.25) is 0 Å². The molecule has 0 heterocycles. The van der Waals surface area contributed by atoms with Crippen LogP contribution in [0.25, 0.3) is 0 Å². The molecule has 0 fully saturated rings. The van der Waals surface area contributed by atoms with Crippen LogP contribution in [-0.4, -0.2) is 5.45 Å². The van der Waals surface area contributed by atoms with E-state index in [0.29, 0.717) is 11.1 Å². The molecule has 1 aromatic rings. The van der Waals surface area contributed by atoms with Crippen molar-refractivity contribution in [1.29, 1.82) is 0 Å². The molecule has 1 rings (SSSR count). The number of hydrogen-bond donors (Lipinski definition) is 1. The number of alkyl halides is 1. The molecule has 0 radical (unpaired) electrons. The number of anilines is 1. The average molecular weight is 283 g/mol. The van der Waals surface area contributed by atoms with Crippen molar-refractivity contribution in [1.82, 2.24) is 0 Å². The first-order valence-electron chi connectivity index (χ1n) is 2.99. The monoisotopic (exact) mass is 281 g/mol. The van der Waals surface area contributed by atoms with E-state index in [1.807, 2.05) is 0 Å². The summed E-state index contributed by atoms with van der Waals surface area (Å²) in [5.41, 5.74) is 1.04. The van der Waals surface area contributed by atoms with Crippen molar-refractivity contribution >= 4 is 37.5 Å². The first-order valence-corrected chi connectivity index (χ1v) is 4.90. The van der Waals surface area contributed by atoms with Crippen LogP contribution < -0.4 is 5.32 Å². The highest BCUT2D eigenvalue weighted by molar-refractivity contribution is 9.10. The summed E-state index contributed by atoms with van der Waals surface area (Å²) in [7, 11) is 0. The van der Waals surface area contributed by atoms with Gasteiger partial charge in [0, 0.05) is 4.47 Å². The van der Waals surface area contributed by atoms with E-state index >= 15 is 0 Å². The summed E-state index contributed by atoms with van der Waals surface area (Å²) in [6.45, 7) is 0. The molecule has 0 spiro atoms. The molecule has 0 unspecified atom stereocenters. The van der Waals surface area contributed by atoms with Gasteiger partial charge in [0.05, 0.1) is 11.1 Å². The first-order chi connectivity index (χ1) is 5.24. The van der Waals surface area contributed by atoms with E-state index in [2.05, 4.69) is 37.2 Å². The Kier molecular flexibility index (Phi) is 3.33. The third kappa shape index (κ3) is 2.45. The molecule has 0 atom stereocenters. The van der Waals surface area contributed by atoms with Gasteiger partial charge < -0.3 is 5.32 Å². The molecule has 1 nitrogen and oxygen atoms in total. The van der Waals surface area contributed by atoms with E-state index in [1.54, 1.807) is 12.1 Å². The molecule has 0 saturated heterocycles. The second kappa shape index (κ2) is 4.07. The van der Waals surface area contributed by atoms with E-state index in [9.17, 15) is 4.39 Å². The van der Waals surface area contributed by atoms with Crippen LogP contribution in [0.3, 0.4) is 0 Å². The Hall–Kier alpha value is -0.0900. The molecule has 0 aliphatic heterocycles. The molecule has 0 amide bonds. The summed E-state index contributed by atoms with van der Waals surface area (Å²) >= 11 is 6.40. The highest BCUT2D eigenvalue weighted by Gasteiger charge is 1.99. The van der Waals surface area contributed by atoms with E-state index in [1.165, 1.54) is 6.07 Å². The molecular weight excluding hydrogens is 277 g/mol. The summed E-state index contributed by atoms with van der Waals surface area (Å²) in [6, 6.07) is 4.76. The predicted octanol–water partition coefficient (Wildman–Crippen LogP) is 3.35. The number of hydrogen-bond acceptors (Lipinski definition) is 1. The topological polar surface area (TPSA) is 12.0 Å². The Morgan fingerprint density at radius 3 is 2.82 bits per heavy atom. The van der Waals surface area contributed by atoms with Crippen LogP contribution in [0, 0.1) is 5.82 Å². The van der Waals surface area contributed by atoms with E-state index in [0.717, 1.165) is 4.47 Å². The lowest BCUT2D eigenvalue weighted by atomic mass is 10.3. The number of halogens is 3. The Labute approximate surface area is 81.2 Å². The van der Waals surface area contributed by atoms with Gasteiger partial charge in [0.1, 0.15) is 5.82 Å². The van der Waals surface area contributed by atoms with Gasteiger partial charge in [0.25, 0.3) is 0 Å². The van der Waals surface area contributed by atoms with Gasteiger partial charge in [-0.2, -0.15) is 0 Å². The quantitative estimate of drug-likeness (QED) is 0.648. The summed E-state index contributed by atoms with van der Waals surface area (Å²) in [6.07, 6.45) is 0. The number of rotatable bonds is 2. The fraction of sp³-hybridized carbons (Fsp3) is 0.143. The minimum Gasteiger partial charge on any atom is -0.373 e. The van der Waals surface area contributed by atoms with Crippen molar-refractivity contribution in [3.8, 4) is 0 Å². The highest BCUT2D eigenvalue weighted by Crippen LogP contribution is 2.19. The average Bonchev–Trinajstić information content (AvgIpc) is 1.98. The van der Waals surface area contributed by atoms with Crippen molar-refractivity contribution in [3.63, 3.8) is 0 Å². The Morgan fingerprint density at radius 1 is 1.45 bits per heavy atom. The van der Waals surface area contributed by atoms with Crippen LogP contribution in [0.1, 0.15) is 0 Å². The molecule has 0 saturated carbocycles. The summed E-state index contributed by atoms with van der Waals surface area (Å²) in [4.78, 5) is 0. The lowest BCUT2D eigenvalue weighted by Crippen LogP contribution is -1.96. The molecule has 0 aromatic heterocycles. The molecular formula is C7H6Br2FN. The molecule has 0 aliphatic carbocycles. The van der Waals surface area contributed by atoms with Gasteiger partial charge in [0.2, 0.25) is 0 Å². The Morgan fingerprint density at radius 2 is 2.18 bits per heavy atom. The van der Waals surface area contributed by atoms with Gasteiger partial charge in [-0.1, -0.05) is 31.9 Å². The number of nitrogens with one attached hydrogen (secondary N) is 1. The molecule has 0 aliphatic rings. The smallest absolute Gasteiger partial charge is 0.146 e. The van der Waals surface area contributed by atoms with Crippen molar-refractivity contribution < 1.29 is 4.39 Å². The zero-order chi connectivity index (χ0) is 8.27. The molecule has 0 bridgehead atoms. The predicted molar refractivity (Wildman–Crippen MR) is 51.5 cm³/mol. The minimum atomic E-state index is -0.243. The van der Waals surface area contributed by atoms with Gasteiger partial charge in [0.15, 0.2) is 0 Å². The van der Waals surface area contributed by atoms with Crippen LogP contribution >= 0.6 is 31.9 Å². The summed E-state index contributed by atoms with van der Waals surface area (Å²) in [5, 5.41) is 2.83. The highest BCUT2D eigenvalue weighted by atomic mass is 79.9. The molecule has 1 N–H and O–H groups in total. The molecule has 60 valence electrons. The van der Waals surface area contributed by atoms with Gasteiger partial charge in [-0.05, 0) is 18.2 Å². The van der Waals surface area contributed by atoms with Gasteiger partial charge >= 0.3 is 0 Å². The third-order valence-electron chi connectivity index (χ3n) is 1.19. The molecule has 11 heavy (non-hydrogen) atoms. The fourth-order valence-corrected chi connectivity index (χ4v) is 1.37. The number of benzene rings is 1. The van der Waals surface area contributed by atoms with Crippen molar-refractivity contribution in [2.75, 3.05) is 10.8 Å². The second-order valence-electron chi connectivity index (χ2n) is 1.93. The van der Waals surface area contributed by atoms with Gasteiger partial charge in [-0.15, -0.1) is 0 Å². The molecule has 1 aromatic carbocycles. The largest absolute Gasteiger partial charge is 0.373 e. The van der Waals surface area contributed by atoms with E-state index in [-0.39, 0.29) is 5.82 Å². The standard InChI is InChI=1S/C7H6Br2FN/c8-4-11-7-3-5(9)1-2-6(7)10/h1-3,11H,4H2. The zero-order valence-electron chi connectivity index (χ0n) is 5.57. The van der Waals surface area contributed by atoms with Crippen LogP contribution in [-0.2, 0) is 0 Å². The van der Waals surface area contributed by atoms with E-state index in [4.69, 9.17) is 0 Å². The first kappa shape index (κ1) is 9.00. The SMILES string of the molecule is Fc1ccc(Br)cc1NCBr. The van der Waals surface area contributed by atoms with E-state index < -0.39 is 0 Å². The van der Waals surface area contributed by atoms with Crippen LogP contribution in [0.5, 0.6) is 0 Å². The lowest BCUT2D eigenvalue weighted by Gasteiger charge is -2.03. The fourth-order valence-electron chi connectivity index (χ4n) is 0.705. The molecule has 4 heteroatoms. The van der Waals surface area contributed by atoms with Gasteiger partial charge in [-0.25, -0.2) is 4.39 Å². The van der Waals surface area contributed by atoms with Crippen molar-refractivity contribution in [2.45, 2.75) is 0 Å². The van der Waals surface area contributed by atoms with Crippen molar-refractivity contribution in [3.05, 3.63) is 28.5 Å². The normalized spacial score (nSPS) is 9.73. The van der Waals surface area contributed by atoms with Crippen LogP contribution in [0.4, 0.5) is 10.1 Å². The third-order valence-corrected chi connectivity index (χ3v) is 1.96. The minimum absolute atomic E-state index is 0.243. The Balaban J connectivity index is 2.93. The van der Waals surface area contributed by atoms with Crippen molar-refractivity contribution in [2.24, 2.45) is 0 Å². The zero-order valence-corrected chi connectivity index (χ0v) is 8.75. The van der Waals surface area contributed by atoms with Crippen LogP contribution in [0.15, 0.2) is 22.7 Å². The maximum absolute atomic E-state index is 12.9. The summed E-state index contributed by atoms with van der Waals surface area (Å²) in [5.74, 6) is -0.243. The second-order valence-corrected chi connectivity index (χ2v) is 3.41. The Bertz CT molecular complexity index is 252. The summed E-state index contributed by atoms with van der Waals surface area (Å²) < 4.78 is 13.7. The lowest BCUT2D eigenvalue weighted by molar-refractivity contribution is 0.631. The maximum atomic E-state index is 12.9.